The molecule has 0 spiro atoms. The van der Waals surface area contributed by atoms with E-state index in [2.05, 4.69) is 34.6 Å². The lowest BCUT2D eigenvalue weighted by molar-refractivity contribution is -0.112. The summed E-state index contributed by atoms with van der Waals surface area (Å²) in [6.07, 6.45) is 13.7. The number of sulfone groups is 1. The van der Waals surface area contributed by atoms with Crippen molar-refractivity contribution >= 4 is 21.4 Å². The molecular weight excluding hydrogens is 496 g/mol. The number of fused-ring (bicyclic) bond motifs is 5. The first-order valence-electron chi connectivity index (χ1n) is 15.4. The molecule has 37 heavy (non-hydrogen) atoms. The van der Waals surface area contributed by atoms with E-state index in [1.165, 1.54) is 51.4 Å². The summed E-state index contributed by atoms with van der Waals surface area (Å²) in [7, 11) is -3.45. The third kappa shape index (κ3) is 4.75. The van der Waals surface area contributed by atoms with Gasteiger partial charge in [0.1, 0.15) is 0 Å². The van der Waals surface area contributed by atoms with Crippen molar-refractivity contribution in [2.45, 2.75) is 121 Å². The number of hydrogen-bond donors (Lipinski definition) is 0. The lowest BCUT2D eigenvalue weighted by atomic mass is 9.44. The molecule has 1 aromatic rings. The van der Waals surface area contributed by atoms with E-state index in [4.69, 9.17) is 11.6 Å². The molecule has 0 radical (unpaired) electrons. The summed E-state index contributed by atoms with van der Waals surface area (Å²) in [5.41, 5.74) is 0.559. The van der Waals surface area contributed by atoms with Gasteiger partial charge in [0, 0.05) is 0 Å². The Morgan fingerprint density at radius 1 is 0.838 bits per heavy atom. The molecule has 4 fully saturated rings. The van der Waals surface area contributed by atoms with Crippen LogP contribution in [-0.2, 0) is 9.84 Å². The Morgan fingerprint density at radius 2 is 1.49 bits per heavy atom. The average Bonchev–Trinajstić information content (AvgIpc) is 3.22. The highest BCUT2D eigenvalue weighted by Crippen LogP contribution is 2.69. The number of halogens is 1. The number of alkyl halides is 1. The molecule has 5 rings (SSSR count). The second kappa shape index (κ2) is 10.5. The smallest absolute Gasteiger partial charge is 0.182 e. The normalized spacial score (nSPS) is 42.6. The minimum absolute atomic E-state index is 0.0864. The zero-order chi connectivity index (χ0) is 26.6. The monoisotopic (exact) mass is 546 g/mol. The molecule has 1 unspecified atom stereocenters. The van der Waals surface area contributed by atoms with E-state index in [-0.39, 0.29) is 16.7 Å². The maximum atomic E-state index is 14.0. The van der Waals surface area contributed by atoms with Crippen LogP contribution in [0.15, 0.2) is 35.2 Å². The van der Waals surface area contributed by atoms with Crippen LogP contribution < -0.4 is 0 Å². The first-order valence-corrected chi connectivity index (χ1v) is 17.4. The van der Waals surface area contributed by atoms with Crippen molar-refractivity contribution in [3.63, 3.8) is 0 Å². The van der Waals surface area contributed by atoms with Gasteiger partial charge < -0.3 is 0 Å². The van der Waals surface area contributed by atoms with Gasteiger partial charge in [-0.15, -0.1) is 11.6 Å². The highest BCUT2D eigenvalue weighted by molar-refractivity contribution is 7.92. The third-order valence-corrected chi connectivity index (χ3v) is 15.2. The summed E-state index contributed by atoms with van der Waals surface area (Å²) in [4.78, 5) is 0.457. The summed E-state index contributed by atoms with van der Waals surface area (Å²) in [6.45, 7) is 12.4. The maximum Gasteiger partial charge on any atom is 0.182 e. The van der Waals surface area contributed by atoms with E-state index in [1.54, 1.807) is 12.1 Å². The molecule has 0 saturated heterocycles. The first kappa shape index (κ1) is 28.0. The minimum atomic E-state index is -3.45. The van der Waals surface area contributed by atoms with Crippen LogP contribution in [-0.4, -0.2) is 19.0 Å². The van der Waals surface area contributed by atoms with E-state index < -0.39 is 15.1 Å². The quantitative estimate of drug-likeness (QED) is 0.319. The summed E-state index contributed by atoms with van der Waals surface area (Å²) in [5, 5.41) is -0.738. The van der Waals surface area contributed by atoms with Gasteiger partial charge in [0.25, 0.3) is 0 Å². The fraction of sp³-hybridized carbons (Fsp3) is 0.818. The predicted octanol–water partition coefficient (Wildman–Crippen LogP) is 9.17. The summed E-state index contributed by atoms with van der Waals surface area (Å²) in [5.74, 6) is 4.90. The maximum absolute atomic E-state index is 14.0. The molecule has 4 aliphatic rings. The lowest BCUT2D eigenvalue weighted by Gasteiger charge is -2.62. The summed E-state index contributed by atoms with van der Waals surface area (Å²) < 4.78 is 27.9. The predicted molar refractivity (Wildman–Crippen MR) is 156 cm³/mol. The molecule has 4 saturated carbocycles. The molecule has 0 aliphatic heterocycles. The summed E-state index contributed by atoms with van der Waals surface area (Å²) >= 11 is 6.92. The largest absolute Gasteiger partial charge is 0.223 e. The lowest BCUT2D eigenvalue weighted by Crippen LogP contribution is -2.59. The standard InChI is InChI=1S/C33H51ClO2S/c1-22(2)10-9-11-23(3)26-16-17-27-25-14-15-29-31(37(35,36)24-12-7-6-8-13-24)30(34)19-21-33(29,5)28(25)18-20-32(26,27)4/h6-8,12-13,22-23,25-31H,9-11,14-21H2,1-5H3/t23-,25+,26-,27+,28+,29+,30?,31-,32-,33-/m1/s1. The third-order valence-electron chi connectivity index (χ3n) is 12.3. The van der Waals surface area contributed by atoms with E-state index >= 15 is 0 Å². The van der Waals surface area contributed by atoms with E-state index in [9.17, 15) is 8.42 Å². The van der Waals surface area contributed by atoms with Gasteiger partial charge in [-0.3, -0.25) is 0 Å². The zero-order valence-corrected chi connectivity index (χ0v) is 25.5. The van der Waals surface area contributed by atoms with Crippen LogP contribution in [0.25, 0.3) is 0 Å². The fourth-order valence-electron chi connectivity index (χ4n) is 10.5. The van der Waals surface area contributed by atoms with E-state index in [1.807, 2.05) is 18.2 Å². The van der Waals surface area contributed by atoms with Crippen molar-refractivity contribution in [2.24, 2.45) is 52.3 Å². The van der Waals surface area contributed by atoms with Gasteiger partial charge in [-0.1, -0.05) is 72.1 Å². The van der Waals surface area contributed by atoms with Gasteiger partial charge in [0.2, 0.25) is 0 Å². The van der Waals surface area contributed by atoms with Crippen molar-refractivity contribution in [3.05, 3.63) is 30.3 Å². The molecule has 1 aromatic carbocycles. The Hall–Kier alpha value is -0.540. The van der Waals surface area contributed by atoms with Gasteiger partial charge in [0.05, 0.1) is 15.5 Å². The van der Waals surface area contributed by atoms with Crippen LogP contribution in [0.4, 0.5) is 0 Å². The van der Waals surface area contributed by atoms with Crippen molar-refractivity contribution in [3.8, 4) is 0 Å². The molecule has 0 amide bonds. The zero-order valence-electron chi connectivity index (χ0n) is 24.0. The second-order valence-corrected chi connectivity index (χ2v) is 17.1. The van der Waals surface area contributed by atoms with Crippen LogP contribution >= 0.6 is 11.6 Å². The van der Waals surface area contributed by atoms with Crippen molar-refractivity contribution in [1.29, 1.82) is 0 Å². The average molecular weight is 547 g/mol. The van der Waals surface area contributed by atoms with E-state index in [0.717, 1.165) is 48.9 Å². The number of rotatable bonds is 7. The van der Waals surface area contributed by atoms with Crippen LogP contribution in [0.2, 0.25) is 0 Å². The van der Waals surface area contributed by atoms with Crippen molar-refractivity contribution < 1.29 is 8.42 Å². The molecule has 0 aromatic heterocycles. The first-order chi connectivity index (χ1) is 17.5. The van der Waals surface area contributed by atoms with Crippen LogP contribution in [0.1, 0.15) is 105 Å². The van der Waals surface area contributed by atoms with Crippen LogP contribution in [0.5, 0.6) is 0 Å². The number of benzene rings is 1. The Balaban J connectivity index is 1.37. The molecule has 10 atom stereocenters. The Labute approximate surface area is 232 Å². The molecule has 208 valence electrons. The second-order valence-electron chi connectivity index (χ2n) is 14.5. The molecule has 4 aliphatic carbocycles. The Kier molecular flexibility index (Phi) is 7.91. The Bertz CT molecular complexity index is 1040. The van der Waals surface area contributed by atoms with Crippen LogP contribution in [0, 0.1) is 52.3 Å². The number of hydrogen-bond acceptors (Lipinski definition) is 2. The van der Waals surface area contributed by atoms with Gasteiger partial charge in [-0.05, 0) is 116 Å². The van der Waals surface area contributed by atoms with Gasteiger partial charge in [-0.2, -0.15) is 0 Å². The fourth-order valence-corrected chi connectivity index (χ4v) is 13.4. The molecule has 0 bridgehead atoms. The Morgan fingerprint density at radius 3 is 2.19 bits per heavy atom. The molecule has 4 heteroatoms. The van der Waals surface area contributed by atoms with Gasteiger partial charge >= 0.3 is 0 Å². The molecule has 2 nitrogen and oxygen atoms in total. The molecular formula is C33H51ClO2S. The minimum Gasteiger partial charge on any atom is -0.223 e. The van der Waals surface area contributed by atoms with Gasteiger partial charge in [0.15, 0.2) is 9.84 Å². The van der Waals surface area contributed by atoms with E-state index in [0.29, 0.717) is 16.2 Å². The molecule has 0 heterocycles. The summed E-state index contributed by atoms with van der Waals surface area (Å²) in [6, 6.07) is 9.12. The van der Waals surface area contributed by atoms with Crippen LogP contribution in [0.3, 0.4) is 0 Å². The highest BCUT2D eigenvalue weighted by atomic mass is 35.5. The SMILES string of the molecule is CC(C)CCC[C@@H](C)[C@H]1CC[C@H]2[C@@H]3CC[C@H]4[C@@H](S(=O)(=O)c5ccccc5)C(Cl)CC[C@]4(C)[C@H]3CC[C@]12C. The van der Waals surface area contributed by atoms with Crippen molar-refractivity contribution in [2.75, 3.05) is 0 Å². The highest BCUT2D eigenvalue weighted by Gasteiger charge is 2.63. The van der Waals surface area contributed by atoms with Crippen molar-refractivity contribution in [1.82, 2.24) is 0 Å². The van der Waals surface area contributed by atoms with Gasteiger partial charge in [-0.25, -0.2) is 8.42 Å². The molecule has 0 N–H and O–H groups in total. The topological polar surface area (TPSA) is 34.1 Å².